The van der Waals surface area contributed by atoms with Gasteiger partial charge in [0.2, 0.25) is 0 Å². The van der Waals surface area contributed by atoms with E-state index in [1.165, 1.54) is 6.42 Å². The average molecular weight is 250 g/mol. The minimum atomic E-state index is 0.263. The molecule has 0 spiro atoms. The van der Waals surface area contributed by atoms with Crippen LogP contribution in [-0.2, 0) is 18.2 Å². The molecule has 0 bridgehead atoms. The zero-order valence-electron chi connectivity index (χ0n) is 11.4. The fourth-order valence-electron chi connectivity index (χ4n) is 3.58. The number of fused-ring (bicyclic) bond motifs is 1. The van der Waals surface area contributed by atoms with E-state index in [9.17, 15) is 0 Å². The summed E-state index contributed by atoms with van der Waals surface area (Å²) in [7, 11) is 1.90. The third-order valence-corrected chi connectivity index (χ3v) is 4.46. The molecule has 0 aromatic carbocycles. The lowest BCUT2D eigenvalue weighted by atomic mass is 9.57. The van der Waals surface area contributed by atoms with Crippen LogP contribution in [0.3, 0.4) is 0 Å². The zero-order valence-corrected chi connectivity index (χ0v) is 11.4. The van der Waals surface area contributed by atoms with Crippen molar-refractivity contribution in [1.82, 2.24) is 20.1 Å². The van der Waals surface area contributed by atoms with Crippen molar-refractivity contribution in [2.45, 2.75) is 38.8 Å². The Morgan fingerprint density at radius 3 is 3.11 bits per heavy atom. The van der Waals surface area contributed by atoms with Gasteiger partial charge >= 0.3 is 0 Å². The van der Waals surface area contributed by atoms with E-state index in [0.717, 1.165) is 25.4 Å². The normalized spacial score (nSPS) is 33.2. The van der Waals surface area contributed by atoms with Crippen LogP contribution in [0.4, 0.5) is 0 Å². The second-order valence-corrected chi connectivity index (χ2v) is 6.08. The Morgan fingerprint density at radius 2 is 2.39 bits per heavy atom. The van der Waals surface area contributed by atoms with Gasteiger partial charge in [-0.3, -0.25) is 4.68 Å². The number of ether oxygens (including phenoxy) is 1. The van der Waals surface area contributed by atoms with E-state index in [-0.39, 0.29) is 5.41 Å². The summed E-state index contributed by atoms with van der Waals surface area (Å²) in [6.45, 7) is 6.48. The number of rotatable bonds is 4. The molecular weight excluding hydrogens is 228 g/mol. The van der Waals surface area contributed by atoms with Gasteiger partial charge in [-0.2, -0.15) is 5.10 Å². The Balaban J connectivity index is 1.51. The number of hydrogen-bond acceptors (Lipinski definition) is 4. The molecule has 3 rings (SSSR count). The molecule has 1 aliphatic carbocycles. The molecule has 0 radical (unpaired) electrons. The molecule has 0 amide bonds. The van der Waals surface area contributed by atoms with Gasteiger partial charge in [0.15, 0.2) is 5.82 Å². The molecule has 1 aromatic rings. The largest absolute Gasteiger partial charge is 0.377 e. The zero-order chi connectivity index (χ0) is 12.8. The van der Waals surface area contributed by atoms with Gasteiger partial charge in [-0.25, -0.2) is 4.98 Å². The first-order chi connectivity index (χ1) is 8.59. The fourth-order valence-corrected chi connectivity index (χ4v) is 3.58. The van der Waals surface area contributed by atoms with Crippen molar-refractivity contribution in [3.8, 4) is 0 Å². The van der Waals surface area contributed by atoms with Crippen molar-refractivity contribution < 1.29 is 4.74 Å². The van der Waals surface area contributed by atoms with Gasteiger partial charge < -0.3 is 10.1 Å². The average Bonchev–Trinajstić information content (AvgIpc) is 2.92. The lowest BCUT2D eigenvalue weighted by molar-refractivity contribution is -0.112. The molecule has 3 atom stereocenters. The van der Waals surface area contributed by atoms with E-state index in [2.05, 4.69) is 29.2 Å². The molecular formula is C13H22N4O. The molecule has 2 aliphatic rings. The molecule has 18 heavy (non-hydrogen) atoms. The second-order valence-electron chi connectivity index (χ2n) is 6.08. The van der Waals surface area contributed by atoms with E-state index in [1.54, 1.807) is 11.0 Å². The van der Waals surface area contributed by atoms with E-state index in [0.29, 0.717) is 18.1 Å². The summed E-state index contributed by atoms with van der Waals surface area (Å²) >= 11 is 0. The second kappa shape index (κ2) is 4.31. The molecule has 1 N–H and O–H groups in total. The third kappa shape index (κ3) is 1.86. The van der Waals surface area contributed by atoms with E-state index >= 15 is 0 Å². The number of nitrogens with zero attached hydrogens (tertiary/aromatic N) is 3. The monoisotopic (exact) mass is 250 g/mol. The summed E-state index contributed by atoms with van der Waals surface area (Å²) in [5.41, 5.74) is 0.263. The summed E-state index contributed by atoms with van der Waals surface area (Å²) in [5, 5.41) is 7.96. The lowest BCUT2D eigenvalue weighted by Crippen LogP contribution is -2.66. The predicted octanol–water partition coefficient (Wildman–Crippen LogP) is 0.761. The first-order valence-electron chi connectivity index (χ1n) is 6.78. The van der Waals surface area contributed by atoms with Gasteiger partial charge in [0, 0.05) is 44.0 Å². The van der Waals surface area contributed by atoms with Crippen molar-refractivity contribution in [1.29, 1.82) is 0 Å². The Labute approximate surface area is 108 Å². The van der Waals surface area contributed by atoms with Crippen molar-refractivity contribution in [3.63, 3.8) is 0 Å². The van der Waals surface area contributed by atoms with Crippen LogP contribution in [0.1, 0.15) is 26.1 Å². The molecule has 1 saturated heterocycles. The Bertz CT molecular complexity index is 428. The first-order valence-corrected chi connectivity index (χ1v) is 6.78. The smallest absolute Gasteiger partial charge is 0.151 e. The highest BCUT2D eigenvalue weighted by molar-refractivity contribution is 5.11. The molecule has 5 heteroatoms. The summed E-state index contributed by atoms with van der Waals surface area (Å²) in [4.78, 5) is 4.25. The van der Waals surface area contributed by atoms with Gasteiger partial charge in [-0.1, -0.05) is 13.8 Å². The molecule has 2 heterocycles. The molecule has 100 valence electrons. The van der Waals surface area contributed by atoms with E-state index in [4.69, 9.17) is 4.74 Å². The fraction of sp³-hybridized carbons (Fsp3) is 0.846. The van der Waals surface area contributed by atoms with Gasteiger partial charge in [0.1, 0.15) is 6.33 Å². The highest BCUT2D eigenvalue weighted by atomic mass is 16.5. The van der Waals surface area contributed by atoms with Crippen LogP contribution in [0.25, 0.3) is 0 Å². The summed E-state index contributed by atoms with van der Waals surface area (Å²) in [6, 6.07) is 0.578. The molecule has 3 unspecified atom stereocenters. The molecule has 1 aliphatic heterocycles. The van der Waals surface area contributed by atoms with Crippen LogP contribution in [-0.4, -0.2) is 40.1 Å². The van der Waals surface area contributed by atoms with E-state index < -0.39 is 0 Å². The van der Waals surface area contributed by atoms with Crippen molar-refractivity contribution in [2.24, 2.45) is 18.4 Å². The van der Waals surface area contributed by atoms with Gasteiger partial charge in [0.25, 0.3) is 0 Å². The standard InChI is InChI=1S/C13H22N4O/c1-13(2)11(9-5-7-18-12(9)13)14-6-4-10-15-8-17(3)16-10/h8-9,11-12,14H,4-7H2,1-3H3. The number of aryl methyl sites for hydroxylation is 1. The van der Waals surface area contributed by atoms with Crippen molar-refractivity contribution in [2.75, 3.05) is 13.2 Å². The lowest BCUT2D eigenvalue weighted by Gasteiger charge is -2.55. The molecule has 5 nitrogen and oxygen atoms in total. The number of aromatic nitrogens is 3. The SMILES string of the molecule is Cn1cnc(CCNC2C3CCOC3C2(C)C)n1. The first kappa shape index (κ1) is 12.1. The van der Waals surface area contributed by atoms with Crippen molar-refractivity contribution in [3.05, 3.63) is 12.2 Å². The van der Waals surface area contributed by atoms with Gasteiger partial charge in [0.05, 0.1) is 6.10 Å². The predicted molar refractivity (Wildman–Crippen MR) is 68.1 cm³/mol. The quantitative estimate of drug-likeness (QED) is 0.857. The van der Waals surface area contributed by atoms with Crippen LogP contribution in [0.2, 0.25) is 0 Å². The van der Waals surface area contributed by atoms with Gasteiger partial charge in [-0.15, -0.1) is 0 Å². The van der Waals surface area contributed by atoms with Crippen LogP contribution >= 0.6 is 0 Å². The molecule has 2 fully saturated rings. The maximum absolute atomic E-state index is 5.80. The van der Waals surface area contributed by atoms with E-state index in [1.807, 2.05) is 7.05 Å². The highest BCUT2D eigenvalue weighted by Gasteiger charge is 2.58. The summed E-state index contributed by atoms with van der Waals surface area (Å²) in [5.74, 6) is 1.62. The maximum Gasteiger partial charge on any atom is 0.151 e. The third-order valence-electron chi connectivity index (χ3n) is 4.46. The minimum Gasteiger partial charge on any atom is -0.377 e. The molecule has 1 saturated carbocycles. The Hall–Kier alpha value is -0.940. The van der Waals surface area contributed by atoms with Crippen LogP contribution in [0, 0.1) is 11.3 Å². The summed E-state index contributed by atoms with van der Waals surface area (Å²) in [6.07, 6.45) is 4.31. The highest BCUT2D eigenvalue weighted by Crippen LogP contribution is 2.51. The minimum absolute atomic E-state index is 0.263. The number of nitrogens with one attached hydrogen (secondary N) is 1. The Morgan fingerprint density at radius 1 is 1.56 bits per heavy atom. The van der Waals surface area contributed by atoms with Crippen LogP contribution < -0.4 is 5.32 Å². The molecule has 1 aromatic heterocycles. The summed E-state index contributed by atoms with van der Waals surface area (Å²) < 4.78 is 7.55. The Kier molecular flexibility index (Phi) is 2.90. The topological polar surface area (TPSA) is 52.0 Å². The maximum atomic E-state index is 5.80. The van der Waals surface area contributed by atoms with Crippen molar-refractivity contribution >= 4 is 0 Å². The number of hydrogen-bond donors (Lipinski definition) is 1. The van der Waals surface area contributed by atoms with Crippen LogP contribution in [0.5, 0.6) is 0 Å². The van der Waals surface area contributed by atoms with Crippen LogP contribution in [0.15, 0.2) is 6.33 Å². The van der Waals surface area contributed by atoms with Gasteiger partial charge in [-0.05, 0) is 6.42 Å².